The number of rotatable bonds is 9. The molecule has 4 aromatic rings. The van der Waals surface area contributed by atoms with E-state index in [1.165, 1.54) is 4.90 Å². The predicted octanol–water partition coefficient (Wildman–Crippen LogP) is 4.11. The molecule has 12 nitrogen and oxygen atoms in total. The van der Waals surface area contributed by atoms with Crippen molar-refractivity contribution in [2.45, 2.75) is 57.0 Å². The average molecular weight is 717 g/mol. The van der Waals surface area contributed by atoms with Crippen molar-refractivity contribution in [3.63, 3.8) is 0 Å². The van der Waals surface area contributed by atoms with Gasteiger partial charge in [-0.3, -0.25) is 24.2 Å². The van der Waals surface area contributed by atoms with E-state index in [0.29, 0.717) is 30.5 Å². The highest BCUT2D eigenvalue weighted by atomic mass is 19.4. The fourth-order valence-corrected chi connectivity index (χ4v) is 6.51. The van der Waals surface area contributed by atoms with Gasteiger partial charge in [-0.15, -0.1) is 0 Å². The molecule has 0 bridgehead atoms. The number of halogens is 3. The lowest BCUT2D eigenvalue weighted by molar-refractivity contribution is -0.200. The number of para-hydroxylation sites is 1. The third-order valence-electron chi connectivity index (χ3n) is 9.56. The summed E-state index contributed by atoms with van der Waals surface area (Å²) in [5.74, 6) is -1.47. The summed E-state index contributed by atoms with van der Waals surface area (Å²) in [5.41, 5.74) is 2.18. The monoisotopic (exact) mass is 716 g/mol. The van der Waals surface area contributed by atoms with Gasteiger partial charge in [-0.1, -0.05) is 55.1 Å². The van der Waals surface area contributed by atoms with Gasteiger partial charge in [0.1, 0.15) is 17.6 Å². The van der Waals surface area contributed by atoms with Crippen molar-refractivity contribution in [2.24, 2.45) is 0 Å². The summed E-state index contributed by atoms with van der Waals surface area (Å²) < 4.78 is 45.6. The third-order valence-corrected chi connectivity index (χ3v) is 9.56. The molecule has 1 spiro atoms. The molecule has 3 amide bonds. The van der Waals surface area contributed by atoms with Crippen LogP contribution in [-0.4, -0.2) is 86.3 Å². The van der Waals surface area contributed by atoms with Crippen LogP contribution in [0.1, 0.15) is 47.7 Å². The molecular weight excluding hydrogens is 677 g/mol. The van der Waals surface area contributed by atoms with Crippen LogP contribution >= 0.6 is 0 Å². The number of carbonyl (C=O) groups is 3. The van der Waals surface area contributed by atoms with E-state index < -0.39 is 35.6 Å². The van der Waals surface area contributed by atoms with E-state index in [4.69, 9.17) is 4.74 Å². The number of alkyl halides is 3. The maximum atomic E-state index is 13.0. The molecule has 272 valence electrons. The summed E-state index contributed by atoms with van der Waals surface area (Å²) in [6.07, 6.45) is -0.942. The first-order chi connectivity index (χ1) is 24.9. The van der Waals surface area contributed by atoms with Gasteiger partial charge in [0.15, 0.2) is 0 Å². The zero-order valence-electron chi connectivity index (χ0n) is 28.8. The fourth-order valence-electron chi connectivity index (χ4n) is 6.51. The first-order valence-corrected chi connectivity index (χ1v) is 16.9. The molecule has 2 unspecified atom stereocenters. The predicted molar refractivity (Wildman–Crippen MR) is 185 cm³/mol. The maximum Gasteiger partial charge on any atom is 0.433 e. The standard InChI is InChI=1S/C20H17F3N6O2.C17H22N2O2/c1-2-28-18-12(11-25-29(18)13-6-4-3-5-7-13)10-14(19(28)31)26-17(30)16-24-9-8-15(27-16)20(21,22)23;1-13(14(2)19-9-8-17(19)11-21-12-17)16(20)18-10-15-6-4-3-5-7-15/h3-9,11,14H,2,10H2,1H3,(H,26,30);3-7,14H,1,8-12H2,2H3,(H,18,20). The lowest BCUT2D eigenvalue weighted by atomic mass is 9.80. The number of aromatic nitrogens is 4. The number of anilines is 1. The minimum Gasteiger partial charge on any atom is -0.377 e. The molecule has 2 aromatic carbocycles. The Morgan fingerprint density at radius 1 is 1.08 bits per heavy atom. The smallest absolute Gasteiger partial charge is 0.377 e. The van der Waals surface area contributed by atoms with Crippen LogP contribution in [0.4, 0.5) is 19.0 Å². The van der Waals surface area contributed by atoms with Gasteiger partial charge in [-0.25, -0.2) is 14.6 Å². The van der Waals surface area contributed by atoms with Gasteiger partial charge in [0.2, 0.25) is 11.7 Å². The van der Waals surface area contributed by atoms with Crippen LogP contribution in [0.5, 0.6) is 0 Å². The van der Waals surface area contributed by atoms with Crippen LogP contribution in [0.25, 0.3) is 5.69 Å². The molecule has 7 rings (SSSR count). The lowest BCUT2D eigenvalue weighted by Crippen LogP contribution is -2.73. The Morgan fingerprint density at radius 2 is 1.77 bits per heavy atom. The summed E-state index contributed by atoms with van der Waals surface area (Å²) in [5, 5.41) is 9.78. The van der Waals surface area contributed by atoms with Crippen LogP contribution < -0.4 is 15.5 Å². The Kier molecular flexibility index (Phi) is 10.5. The van der Waals surface area contributed by atoms with Gasteiger partial charge in [-0.05, 0) is 44.0 Å². The van der Waals surface area contributed by atoms with Gasteiger partial charge in [0, 0.05) is 49.4 Å². The second-order valence-corrected chi connectivity index (χ2v) is 12.8. The number of nitrogens with zero attached hydrogens (tertiary/aromatic N) is 6. The number of amides is 3. The van der Waals surface area contributed by atoms with E-state index in [1.807, 2.05) is 60.7 Å². The topological polar surface area (TPSA) is 135 Å². The molecule has 2 fully saturated rings. The van der Waals surface area contributed by atoms with Gasteiger partial charge in [0.25, 0.3) is 11.8 Å². The van der Waals surface area contributed by atoms with Crippen molar-refractivity contribution >= 4 is 23.5 Å². The second kappa shape index (κ2) is 15.1. The number of nitrogens with one attached hydrogen (secondary N) is 2. The van der Waals surface area contributed by atoms with E-state index in [9.17, 15) is 27.6 Å². The van der Waals surface area contributed by atoms with E-state index >= 15 is 0 Å². The van der Waals surface area contributed by atoms with Crippen molar-refractivity contribution in [1.82, 2.24) is 35.3 Å². The number of likely N-dealkylation sites (N-methyl/N-ethyl adjacent to an activating group) is 1. The molecule has 2 atom stereocenters. The summed E-state index contributed by atoms with van der Waals surface area (Å²) >= 11 is 0. The Balaban J connectivity index is 0.000000192. The number of benzene rings is 2. The highest BCUT2D eigenvalue weighted by Crippen LogP contribution is 2.40. The molecule has 15 heteroatoms. The number of carbonyl (C=O) groups excluding carboxylic acids is 3. The van der Waals surface area contributed by atoms with Gasteiger partial charge < -0.3 is 15.4 Å². The van der Waals surface area contributed by atoms with Crippen LogP contribution in [0.2, 0.25) is 0 Å². The van der Waals surface area contributed by atoms with Crippen molar-refractivity contribution < 1.29 is 32.3 Å². The first-order valence-electron chi connectivity index (χ1n) is 16.9. The van der Waals surface area contributed by atoms with Gasteiger partial charge in [-0.2, -0.15) is 18.3 Å². The summed E-state index contributed by atoms with van der Waals surface area (Å²) in [6.45, 7) is 11.3. The first kappa shape index (κ1) is 36.4. The molecule has 52 heavy (non-hydrogen) atoms. The Bertz CT molecular complexity index is 1930. The number of hydrogen-bond donors (Lipinski definition) is 2. The summed E-state index contributed by atoms with van der Waals surface area (Å²) in [4.78, 5) is 48.5. The van der Waals surface area contributed by atoms with Crippen LogP contribution in [-0.2, 0) is 33.5 Å². The number of likely N-dealkylation sites (tertiary alicyclic amines) is 1. The van der Waals surface area contributed by atoms with E-state index in [-0.39, 0.29) is 23.9 Å². The molecule has 2 N–H and O–H groups in total. The molecule has 0 saturated carbocycles. The molecular formula is C37H39F3N8O4. The lowest BCUT2D eigenvalue weighted by Gasteiger charge is -2.60. The molecule has 0 aliphatic carbocycles. The van der Waals surface area contributed by atoms with E-state index in [1.54, 1.807) is 17.8 Å². The minimum atomic E-state index is -4.71. The molecule has 0 radical (unpaired) electrons. The fraction of sp³-hybridized carbons (Fsp3) is 0.351. The summed E-state index contributed by atoms with van der Waals surface area (Å²) in [6, 6.07) is 18.9. The zero-order chi connectivity index (χ0) is 37.0. The average Bonchev–Trinajstić information content (AvgIpc) is 3.53. The largest absolute Gasteiger partial charge is 0.433 e. The quantitative estimate of drug-likeness (QED) is 0.248. The van der Waals surface area contributed by atoms with Crippen molar-refractivity contribution in [3.05, 3.63) is 114 Å². The van der Waals surface area contributed by atoms with Crippen molar-refractivity contribution in [3.8, 4) is 5.69 Å². The van der Waals surface area contributed by atoms with Crippen molar-refractivity contribution in [2.75, 3.05) is 31.2 Å². The normalized spacial score (nSPS) is 18.2. The highest BCUT2D eigenvalue weighted by molar-refractivity contribution is 6.03. The molecule has 5 heterocycles. The Morgan fingerprint density at radius 3 is 2.37 bits per heavy atom. The van der Waals surface area contributed by atoms with Crippen LogP contribution in [0, 0.1) is 0 Å². The molecule has 3 aliphatic heterocycles. The second-order valence-electron chi connectivity index (χ2n) is 12.8. The van der Waals surface area contributed by atoms with Gasteiger partial charge in [0.05, 0.1) is 30.6 Å². The number of fused-ring (bicyclic) bond motifs is 1. The third kappa shape index (κ3) is 7.46. The van der Waals surface area contributed by atoms with Gasteiger partial charge >= 0.3 is 6.18 Å². The maximum absolute atomic E-state index is 13.0. The SMILES string of the molecule is C=C(C(=O)NCc1ccccc1)C(C)N1CCC12COC2.CCN1C(=O)C(NC(=O)c2nccc(C(F)(F)F)n2)Cc2cnn(-c3ccccc3)c21. The van der Waals surface area contributed by atoms with E-state index in [2.05, 4.69) is 44.1 Å². The van der Waals surface area contributed by atoms with Crippen LogP contribution in [0.15, 0.2) is 91.3 Å². The summed E-state index contributed by atoms with van der Waals surface area (Å²) in [7, 11) is 0. The molecule has 2 aromatic heterocycles. The highest BCUT2D eigenvalue weighted by Gasteiger charge is 2.53. The van der Waals surface area contributed by atoms with Crippen LogP contribution in [0.3, 0.4) is 0 Å². The Labute approximate surface area is 298 Å². The molecule has 2 saturated heterocycles. The minimum absolute atomic E-state index is 0.0614. The Hall–Kier alpha value is -5.41. The number of hydrogen-bond acceptors (Lipinski definition) is 8. The van der Waals surface area contributed by atoms with E-state index in [0.717, 1.165) is 49.2 Å². The van der Waals surface area contributed by atoms with Crippen molar-refractivity contribution in [1.29, 1.82) is 0 Å². The number of ether oxygens (including phenoxy) is 1. The molecule has 3 aliphatic rings. The zero-order valence-corrected chi connectivity index (χ0v) is 28.8.